The van der Waals surface area contributed by atoms with Gasteiger partial charge < -0.3 is 5.32 Å². The zero-order chi connectivity index (χ0) is 14.3. The first-order valence-electron chi connectivity index (χ1n) is 5.94. The predicted octanol–water partition coefficient (Wildman–Crippen LogP) is 0.571. The molecule has 0 aliphatic carbocycles. The second-order valence-electron chi connectivity index (χ2n) is 4.94. The Morgan fingerprint density at radius 1 is 1.05 bits per heavy atom. The molecule has 106 valence electrons. The van der Waals surface area contributed by atoms with Gasteiger partial charge in [-0.25, -0.2) is 16.8 Å². The normalized spacial score (nSPS) is 20.6. The molecule has 1 aliphatic heterocycles. The highest BCUT2D eigenvalue weighted by Crippen LogP contribution is 2.28. The van der Waals surface area contributed by atoms with Gasteiger partial charge in [0.25, 0.3) is 0 Å². The van der Waals surface area contributed by atoms with E-state index in [9.17, 15) is 16.8 Å². The summed E-state index contributed by atoms with van der Waals surface area (Å²) in [5, 5.41) is 3.21. The first-order chi connectivity index (χ1) is 8.69. The third-order valence-corrected chi connectivity index (χ3v) is 5.72. The Morgan fingerprint density at radius 2 is 1.68 bits per heavy atom. The molecule has 5 nitrogen and oxygen atoms in total. The van der Waals surface area contributed by atoms with Crippen LogP contribution in [-0.4, -0.2) is 42.4 Å². The van der Waals surface area contributed by atoms with Crippen LogP contribution in [0.5, 0.6) is 0 Å². The summed E-state index contributed by atoms with van der Waals surface area (Å²) in [7, 11) is -7.12. The number of nitrogens with one attached hydrogen (secondary N) is 1. The van der Waals surface area contributed by atoms with E-state index in [4.69, 9.17) is 0 Å². The van der Waals surface area contributed by atoms with Crippen molar-refractivity contribution >= 4 is 19.7 Å². The molecule has 1 aliphatic rings. The highest BCUT2D eigenvalue weighted by Gasteiger charge is 2.24. The highest BCUT2D eigenvalue weighted by atomic mass is 32.2. The van der Waals surface area contributed by atoms with Crippen LogP contribution in [0.3, 0.4) is 0 Å². The van der Waals surface area contributed by atoms with E-state index in [1.54, 1.807) is 6.07 Å². The van der Waals surface area contributed by atoms with E-state index in [0.717, 1.165) is 37.6 Å². The molecule has 1 fully saturated rings. The Labute approximate surface area is 113 Å². The van der Waals surface area contributed by atoms with E-state index in [0.29, 0.717) is 0 Å². The van der Waals surface area contributed by atoms with Crippen LogP contribution in [0.15, 0.2) is 28.0 Å². The molecule has 19 heavy (non-hydrogen) atoms. The number of benzene rings is 1. The molecule has 0 bridgehead atoms. The number of hydrogen-bond acceptors (Lipinski definition) is 5. The fourth-order valence-corrected chi connectivity index (χ4v) is 4.75. The van der Waals surface area contributed by atoms with Crippen LogP contribution in [0.4, 0.5) is 0 Å². The predicted molar refractivity (Wildman–Crippen MR) is 72.9 cm³/mol. The van der Waals surface area contributed by atoms with Gasteiger partial charge in [-0.1, -0.05) is 6.07 Å². The molecule has 7 heteroatoms. The molecule has 0 amide bonds. The molecule has 1 heterocycles. The lowest BCUT2D eigenvalue weighted by atomic mass is 9.99. The molecule has 0 spiro atoms. The number of sulfone groups is 2. The Hall–Kier alpha value is -0.920. The summed E-state index contributed by atoms with van der Waals surface area (Å²) >= 11 is 0. The average molecular weight is 303 g/mol. The standard InChI is InChI=1S/C12H17NO4S2/c1-18(14,15)11-4-3-9(10-5-6-13-8-10)7-12(11)19(2,16)17/h3-4,7,10,13H,5-6,8H2,1-2H3. The zero-order valence-electron chi connectivity index (χ0n) is 10.9. The minimum Gasteiger partial charge on any atom is -0.316 e. The van der Waals surface area contributed by atoms with Crippen molar-refractivity contribution in [2.75, 3.05) is 25.6 Å². The van der Waals surface area contributed by atoms with Crippen molar-refractivity contribution < 1.29 is 16.8 Å². The molecule has 0 saturated carbocycles. The summed E-state index contributed by atoms with van der Waals surface area (Å²) in [6, 6.07) is 4.62. The molecule has 1 atom stereocenters. The maximum atomic E-state index is 11.8. The summed E-state index contributed by atoms with van der Waals surface area (Å²) in [5.74, 6) is 0.245. The average Bonchev–Trinajstić information content (AvgIpc) is 2.79. The lowest BCUT2D eigenvalue weighted by Crippen LogP contribution is -2.11. The van der Waals surface area contributed by atoms with Crippen LogP contribution in [-0.2, 0) is 19.7 Å². The van der Waals surface area contributed by atoms with Crippen molar-refractivity contribution in [2.45, 2.75) is 22.1 Å². The Bertz CT molecular complexity index is 686. The lowest BCUT2D eigenvalue weighted by molar-refractivity contribution is 0.588. The SMILES string of the molecule is CS(=O)(=O)c1ccc(C2CCNC2)cc1S(C)(=O)=O. The first-order valence-corrected chi connectivity index (χ1v) is 9.72. The highest BCUT2D eigenvalue weighted by molar-refractivity contribution is 7.93. The summed E-state index contributed by atoms with van der Waals surface area (Å²) in [4.78, 5) is -0.218. The van der Waals surface area contributed by atoms with Gasteiger partial charge in [-0.3, -0.25) is 0 Å². The van der Waals surface area contributed by atoms with Crippen molar-refractivity contribution in [3.63, 3.8) is 0 Å². The number of hydrogen-bond donors (Lipinski definition) is 1. The van der Waals surface area contributed by atoms with Gasteiger partial charge in [0.2, 0.25) is 0 Å². The fourth-order valence-electron chi connectivity index (χ4n) is 2.31. The molecule has 0 radical (unpaired) electrons. The molecular formula is C12H17NO4S2. The molecule has 1 aromatic carbocycles. The van der Waals surface area contributed by atoms with Crippen LogP contribution in [0.25, 0.3) is 0 Å². The quantitative estimate of drug-likeness (QED) is 0.883. The van der Waals surface area contributed by atoms with Crippen LogP contribution in [0.2, 0.25) is 0 Å². The van der Waals surface area contributed by atoms with Crippen LogP contribution in [0.1, 0.15) is 17.9 Å². The van der Waals surface area contributed by atoms with Crippen molar-refractivity contribution in [3.05, 3.63) is 23.8 Å². The van der Waals surface area contributed by atoms with E-state index >= 15 is 0 Å². The molecular weight excluding hydrogens is 286 g/mol. The summed E-state index contributed by atoms with van der Waals surface area (Å²) < 4.78 is 46.9. The Balaban J connectivity index is 2.60. The summed E-state index contributed by atoms with van der Waals surface area (Å²) in [6.07, 6.45) is 2.99. The molecule has 0 aromatic heterocycles. The zero-order valence-corrected chi connectivity index (χ0v) is 12.5. The van der Waals surface area contributed by atoms with Crippen LogP contribution < -0.4 is 5.32 Å². The minimum atomic E-state index is -3.57. The molecule has 1 N–H and O–H groups in total. The van der Waals surface area contributed by atoms with E-state index in [1.807, 2.05) is 0 Å². The van der Waals surface area contributed by atoms with Crippen molar-refractivity contribution in [3.8, 4) is 0 Å². The first kappa shape index (κ1) is 14.5. The maximum Gasteiger partial charge on any atom is 0.176 e. The Kier molecular flexibility index (Phi) is 3.72. The monoisotopic (exact) mass is 303 g/mol. The van der Waals surface area contributed by atoms with Gasteiger partial charge in [0, 0.05) is 19.1 Å². The van der Waals surface area contributed by atoms with Gasteiger partial charge in [0.15, 0.2) is 19.7 Å². The van der Waals surface area contributed by atoms with Crippen LogP contribution in [0, 0.1) is 0 Å². The van der Waals surface area contributed by atoms with Crippen LogP contribution >= 0.6 is 0 Å². The van der Waals surface area contributed by atoms with Crippen molar-refractivity contribution in [1.82, 2.24) is 5.32 Å². The molecule has 1 saturated heterocycles. The molecule has 1 aromatic rings. The van der Waals surface area contributed by atoms with E-state index in [-0.39, 0.29) is 15.7 Å². The van der Waals surface area contributed by atoms with Gasteiger partial charge in [-0.2, -0.15) is 0 Å². The van der Waals surface area contributed by atoms with Gasteiger partial charge in [-0.15, -0.1) is 0 Å². The molecule has 2 rings (SSSR count). The second-order valence-corrected chi connectivity index (χ2v) is 8.91. The molecule has 1 unspecified atom stereocenters. The summed E-state index contributed by atoms with van der Waals surface area (Å²) in [5.41, 5.74) is 0.873. The Morgan fingerprint density at radius 3 is 2.16 bits per heavy atom. The number of rotatable bonds is 3. The maximum absolute atomic E-state index is 11.8. The lowest BCUT2D eigenvalue weighted by Gasteiger charge is -2.13. The van der Waals surface area contributed by atoms with Crippen molar-refractivity contribution in [1.29, 1.82) is 0 Å². The van der Waals surface area contributed by atoms with Gasteiger partial charge >= 0.3 is 0 Å². The second kappa shape index (κ2) is 4.88. The van der Waals surface area contributed by atoms with E-state index in [1.165, 1.54) is 12.1 Å². The van der Waals surface area contributed by atoms with Gasteiger partial charge in [0.1, 0.15) is 0 Å². The minimum absolute atomic E-state index is 0.0978. The van der Waals surface area contributed by atoms with Gasteiger partial charge in [0.05, 0.1) is 9.79 Å². The van der Waals surface area contributed by atoms with Gasteiger partial charge in [-0.05, 0) is 36.6 Å². The third-order valence-electron chi connectivity index (χ3n) is 3.30. The smallest absolute Gasteiger partial charge is 0.176 e. The van der Waals surface area contributed by atoms with Crippen molar-refractivity contribution in [2.24, 2.45) is 0 Å². The topological polar surface area (TPSA) is 80.3 Å². The largest absolute Gasteiger partial charge is 0.316 e. The summed E-state index contributed by atoms with van der Waals surface area (Å²) in [6.45, 7) is 1.69. The van der Waals surface area contributed by atoms with E-state index in [2.05, 4.69) is 5.32 Å². The third kappa shape index (κ3) is 3.16. The fraction of sp³-hybridized carbons (Fsp3) is 0.500. The van der Waals surface area contributed by atoms with E-state index < -0.39 is 19.7 Å².